The number of carbonyl (C=O) groups is 4. The molecular formula is C25H31N5O8. The molecule has 13 heteroatoms. The van der Waals surface area contributed by atoms with E-state index in [1.807, 2.05) is 0 Å². The Morgan fingerprint density at radius 3 is 2.66 bits per heavy atom. The van der Waals surface area contributed by atoms with Gasteiger partial charge >= 0.3 is 11.7 Å². The van der Waals surface area contributed by atoms with Gasteiger partial charge in [-0.05, 0) is 23.8 Å². The highest BCUT2D eigenvalue weighted by atomic mass is 16.6. The first-order valence-corrected chi connectivity index (χ1v) is 11.8. The van der Waals surface area contributed by atoms with Gasteiger partial charge in [0, 0.05) is 45.6 Å². The van der Waals surface area contributed by atoms with Gasteiger partial charge in [-0.3, -0.25) is 23.7 Å². The summed E-state index contributed by atoms with van der Waals surface area (Å²) in [6, 6.07) is 7.20. The minimum absolute atomic E-state index is 0.0138. The lowest BCUT2D eigenvalue weighted by Gasteiger charge is -2.17. The second-order valence-corrected chi connectivity index (χ2v) is 8.49. The van der Waals surface area contributed by atoms with Crippen LogP contribution in [0.1, 0.15) is 51.1 Å². The number of rotatable bonds is 11. The van der Waals surface area contributed by atoms with Gasteiger partial charge in [0.2, 0.25) is 11.8 Å². The van der Waals surface area contributed by atoms with E-state index in [-0.39, 0.29) is 55.7 Å². The predicted molar refractivity (Wildman–Crippen MR) is 134 cm³/mol. The molecule has 2 aromatic rings. The van der Waals surface area contributed by atoms with E-state index in [0.29, 0.717) is 5.56 Å². The summed E-state index contributed by atoms with van der Waals surface area (Å²) in [4.78, 5) is 63.7. The van der Waals surface area contributed by atoms with Crippen molar-refractivity contribution >= 4 is 29.5 Å². The van der Waals surface area contributed by atoms with Crippen molar-refractivity contribution in [3.8, 4) is 0 Å². The summed E-state index contributed by atoms with van der Waals surface area (Å²) >= 11 is 0. The first kappa shape index (κ1) is 25.5. The number of nitrogens with zero attached hydrogens (tertiary/aromatic N) is 2. The highest BCUT2D eigenvalue weighted by Gasteiger charge is 2.37. The number of anilines is 1. The number of ether oxygens (including phenoxy) is 3. The maximum atomic E-state index is 12.7. The molecule has 0 spiro atoms. The molecule has 13 nitrogen and oxygen atoms in total. The Hall–Kier alpha value is -4.10. The number of nitrogens with one attached hydrogen (secondary N) is 3. The van der Waals surface area contributed by atoms with Crippen molar-refractivity contribution in [3.63, 3.8) is 0 Å². The van der Waals surface area contributed by atoms with Gasteiger partial charge in [0.15, 0.2) is 0 Å². The maximum Gasteiger partial charge on any atom is 0.351 e. The van der Waals surface area contributed by atoms with Crippen molar-refractivity contribution in [3.05, 3.63) is 58.1 Å². The van der Waals surface area contributed by atoms with Crippen LogP contribution < -0.4 is 21.6 Å². The Bertz CT molecular complexity index is 1270. The fourth-order valence-electron chi connectivity index (χ4n) is 3.78. The van der Waals surface area contributed by atoms with Crippen LogP contribution in [-0.2, 0) is 35.2 Å². The van der Waals surface area contributed by atoms with Crippen LogP contribution in [0.25, 0.3) is 0 Å². The molecule has 2 unspecified atom stereocenters. The SMILES string of the molecule is [2H]C([3H])OC[C@H]1O[C@@H](n2ccc(NC(=O)c3ccc(COC(=O)CCC(=O)NC)cc3)nc2=O)CC1NC(C)=O. The molecule has 0 aliphatic carbocycles. The number of carbonyl (C=O) groups excluding carboxylic acids is 4. The smallest absolute Gasteiger partial charge is 0.351 e. The van der Waals surface area contributed by atoms with Crippen molar-refractivity contribution in [1.82, 2.24) is 20.2 Å². The van der Waals surface area contributed by atoms with Gasteiger partial charge in [0.05, 0.1) is 21.8 Å². The summed E-state index contributed by atoms with van der Waals surface area (Å²) in [6.45, 7) is 1.21. The fourth-order valence-corrected chi connectivity index (χ4v) is 3.78. The third-order valence-electron chi connectivity index (χ3n) is 5.72. The van der Waals surface area contributed by atoms with E-state index in [9.17, 15) is 24.0 Å². The summed E-state index contributed by atoms with van der Waals surface area (Å²) in [7, 11) is -0.0385. The van der Waals surface area contributed by atoms with Crippen LogP contribution in [0.15, 0.2) is 41.3 Å². The molecule has 1 aliphatic heterocycles. The van der Waals surface area contributed by atoms with Crippen molar-refractivity contribution in [2.24, 2.45) is 0 Å². The standard InChI is InChI=1S/C25H31N5O8/c1-15(31)27-18-12-22(38-19(18)14-36-3)30-11-10-20(29-25(30)35)28-24(34)17-6-4-16(5-7-17)13-37-23(33)9-8-21(32)26-2/h4-7,10-11,18-19,22H,8-9,12-14H2,1-3H3,(H,26,32)(H,27,31)(H,28,29,34,35)/t18?,19-,22-/m1/s1/i3TD/t3?,18?,19-,22-. The van der Waals surface area contributed by atoms with Crippen LogP contribution in [0.4, 0.5) is 5.82 Å². The largest absolute Gasteiger partial charge is 0.461 e. The van der Waals surface area contributed by atoms with E-state index in [2.05, 4.69) is 20.9 Å². The summed E-state index contributed by atoms with van der Waals surface area (Å²) in [6.07, 6.45) is 0.179. The molecule has 1 saturated heterocycles. The molecule has 2 heterocycles. The second kappa shape index (κ2) is 13.4. The molecule has 4 atom stereocenters. The average molecular weight is 533 g/mol. The summed E-state index contributed by atoms with van der Waals surface area (Å²) in [5, 5.41) is 7.69. The Balaban J connectivity index is 1.57. The van der Waals surface area contributed by atoms with Crippen LogP contribution in [0.2, 0.25) is 0 Å². The molecule has 3 N–H and O–H groups in total. The molecule has 0 saturated carbocycles. The lowest BCUT2D eigenvalue weighted by molar-refractivity contribution is -0.146. The molecule has 0 bridgehead atoms. The normalized spacial score (nSPS) is 20.0. The zero-order valence-electron chi connectivity index (χ0n) is 23.0. The van der Waals surface area contributed by atoms with Gasteiger partial charge in [-0.2, -0.15) is 4.98 Å². The fraction of sp³-hybridized carbons (Fsp3) is 0.440. The number of hydrogen-bond donors (Lipinski definition) is 3. The Morgan fingerprint density at radius 2 is 2.00 bits per heavy atom. The minimum Gasteiger partial charge on any atom is -0.461 e. The Kier molecular flexibility index (Phi) is 9.04. The van der Waals surface area contributed by atoms with Gasteiger partial charge in [-0.1, -0.05) is 12.1 Å². The van der Waals surface area contributed by atoms with Gasteiger partial charge in [-0.15, -0.1) is 0 Å². The minimum atomic E-state index is -1.52. The van der Waals surface area contributed by atoms with E-state index in [1.54, 1.807) is 12.1 Å². The van der Waals surface area contributed by atoms with E-state index in [0.717, 1.165) is 0 Å². The number of amides is 3. The number of esters is 1. The monoisotopic (exact) mass is 532 g/mol. The highest BCUT2D eigenvalue weighted by molar-refractivity contribution is 6.03. The zero-order chi connectivity index (χ0) is 29.2. The summed E-state index contributed by atoms with van der Waals surface area (Å²) in [5.41, 5.74) is 0.227. The maximum absolute atomic E-state index is 12.7. The molecule has 204 valence electrons. The first-order chi connectivity index (χ1) is 19.0. The summed E-state index contributed by atoms with van der Waals surface area (Å²) < 4.78 is 31.5. The topological polar surface area (TPSA) is 167 Å². The Labute approximate surface area is 221 Å². The zero-order valence-corrected chi connectivity index (χ0v) is 21.0. The Morgan fingerprint density at radius 1 is 1.24 bits per heavy atom. The molecule has 3 amide bonds. The van der Waals surface area contributed by atoms with E-state index < -0.39 is 43.0 Å². The molecule has 1 aromatic carbocycles. The molecule has 0 radical (unpaired) electrons. The molecule has 1 fully saturated rings. The number of benzene rings is 1. The number of methoxy groups -OCH3 is 1. The van der Waals surface area contributed by atoms with Crippen LogP contribution in [-0.4, -0.2) is 66.1 Å². The van der Waals surface area contributed by atoms with Crippen molar-refractivity contribution in [2.75, 3.05) is 26.0 Å². The van der Waals surface area contributed by atoms with Crippen LogP contribution in [0.5, 0.6) is 0 Å². The molecular weight excluding hydrogens is 498 g/mol. The first-order valence-electron chi connectivity index (χ1n) is 13.0. The van der Waals surface area contributed by atoms with Crippen molar-refractivity contribution in [1.29, 1.82) is 0 Å². The van der Waals surface area contributed by atoms with Gasteiger partial charge in [0.1, 0.15) is 24.8 Å². The molecule has 1 aromatic heterocycles. The van der Waals surface area contributed by atoms with E-state index in [1.165, 1.54) is 42.9 Å². The van der Waals surface area contributed by atoms with Gasteiger partial charge in [0.25, 0.3) is 5.91 Å². The molecule has 3 rings (SSSR count). The number of hydrogen-bond acceptors (Lipinski definition) is 9. The quantitative estimate of drug-likeness (QED) is 0.349. The predicted octanol–water partition coefficient (Wildman–Crippen LogP) is 0.504. The van der Waals surface area contributed by atoms with Crippen molar-refractivity contribution < 1.29 is 36.1 Å². The van der Waals surface area contributed by atoms with E-state index in [4.69, 9.17) is 17.0 Å². The summed E-state index contributed by atoms with van der Waals surface area (Å²) in [5.74, 6) is -1.58. The van der Waals surface area contributed by atoms with Crippen LogP contribution >= 0.6 is 0 Å². The highest BCUT2D eigenvalue weighted by Crippen LogP contribution is 2.28. The second-order valence-electron chi connectivity index (χ2n) is 8.49. The third kappa shape index (κ3) is 7.95. The van der Waals surface area contributed by atoms with E-state index >= 15 is 0 Å². The molecule has 1 aliphatic rings. The van der Waals surface area contributed by atoms with Crippen LogP contribution in [0, 0.1) is 0 Å². The number of aromatic nitrogens is 2. The average Bonchev–Trinajstić information content (AvgIpc) is 3.30. The van der Waals surface area contributed by atoms with Gasteiger partial charge in [-0.25, -0.2) is 4.79 Å². The lowest BCUT2D eigenvalue weighted by Crippen LogP contribution is -2.41. The van der Waals surface area contributed by atoms with Crippen LogP contribution in [0.3, 0.4) is 0 Å². The van der Waals surface area contributed by atoms with Crippen molar-refractivity contribution in [2.45, 2.75) is 51.2 Å². The van der Waals surface area contributed by atoms with Gasteiger partial charge < -0.3 is 30.2 Å². The lowest BCUT2D eigenvalue weighted by atomic mass is 10.1. The third-order valence-corrected chi connectivity index (χ3v) is 5.72. The molecule has 38 heavy (non-hydrogen) atoms.